The molecule has 1 N–H and O–H groups in total. The Balaban J connectivity index is 1.80. The number of rotatable bonds is 4. The van der Waals surface area contributed by atoms with E-state index >= 15 is 0 Å². The van der Waals surface area contributed by atoms with Crippen molar-refractivity contribution in [2.45, 2.75) is 38.1 Å². The van der Waals surface area contributed by atoms with E-state index in [2.05, 4.69) is 5.32 Å². The molecule has 1 aromatic heterocycles. The van der Waals surface area contributed by atoms with Gasteiger partial charge in [0.05, 0.1) is 10.5 Å². The lowest BCUT2D eigenvalue weighted by Crippen LogP contribution is -2.35. The molecule has 126 valence electrons. The molecular formula is C17H17ClN2O4. The van der Waals surface area contributed by atoms with Crippen molar-refractivity contribution in [1.82, 2.24) is 5.32 Å². The van der Waals surface area contributed by atoms with Crippen LogP contribution in [0.4, 0.5) is 5.69 Å². The van der Waals surface area contributed by atoms with Crippen LogP contribution in [0.3, 0.4) is 0 Å². The molecule has 24 heavy (non-hydrogen) atoms. The van der Waals surface area contributed by atoms with E-state index in [1.54, 1.807) is 12.1 Å². The highest BCUT2D eigenvalue weighted by molar-refractivity contribution is 6.30. The fraction of sp³-hybridized carbons (Fsp3) is 0.353. The quantitative estimate of drug-likeness (QED) is 0.647. The SMILES string of the molecule is O=C(NC1CCCCC1)c1ccc(-c2ccc(Cl)cc2[N+](=O)[O-])o1. The Bertz CT molecular complexity index is 766. The molecule has 0 spiro atoms. The van der Waals surface area contributed by atoms with Gasteiger partial charge in [0.15, 0.2) is 5.76 Å². The van der Waals surface area contributed by atoms with Gasteiger partial charge >= 0.3 is 0 Å². The predicted molar refractivity (Wildman–Crippen MR) is 90.1 cm³/mol. The lowest BCUT2D eigenvalue weighted by atomic mass is 9.95. The molecule has 2 aromatic rings. The molecule has 0 bridgehead atoms. The zero-order valence-electron chi connectivity index (χ0n) is 13.0. The number of hydrogen-bond donors (Lipinski definition) is 1. The zero-order valence-corrected chi connectivity index (χ0v) is 13.7. The van der Waals surface area contributed by atoms with E-state index in [0.717, 1.165) is 25.7 Å². The number of furan rings is 1. The normalized spacial score (nSPS) is 15.2. The third kappa shape index (κ3) is 3.59. The molecule has 1 amide bonds. The highest BCUT2D eigenvalue weighted by Crippen LogP contribution is 2.33. The number of nitro groups is 1. The number of nitro benzene ring substituents is 1. The van der Waals surface area contributed by atoms with Gasteiger partial charge in [0.25, 0.3) is 11.6 Å². The predicted octanol–water partition coefficient (Wildman–Crippen LogP) is 4.57. The Morgan fingerprint density at radius 3 is 2.67 bits per heavy atom. The summed E-state index contributed by atoms with van der Waals surface area (Å²) >= 11 is 5.81. The van der Waals surface area contributed by atoms with Crippen LogP contribution in [0.25, 0.3) is 11.3 Å². The summed E-state index contributed by atoms with van der Waals surface area (Å²) in [5, 5.41) is 14.4. The number of hydrogen-bond acceptors (Lipinski definition) is 4. The molecule has 7 heteroatoms. The first-order valence-corrected chi connectivity index (χ1v) is 8.27. The van der Waals surface area contributed by atoms with Crippen molar-refractivity contribution in [3.63, 3.8) is 0 Å². The Morgan fingerprint density at radius 1 is 1.21 bits per heavy atom. The first-order chi connectivity index (χ1) is 11.5. The molecule has 0 aliphatic heterocycles. The standard InChI is InChI=1S/C17H17ClN2O4/c18-11-6-7-13(14(10-11)20(22)23)15-8-9-16(24-15)17(21)19-12-4-2-1-3-5-12/h6-10,12H,1-5H2,(H,19,21). The summed E-state index contributed by atoms with van der Waals surface area (Å²) in [4.78, 5) is 22.9. The van der Waals surface area contributed by atoms with Gasteiger partial charge in [0.2, 0.25) is 0 Å². The van der Waals surface area contributed by atoms with Crippen molar-refractivity contribution in [2.24, 2.45) is 0 Å². The van der Waals surface area contributed by atoms with Crippen LogP contribution in [0.2, 0.25) is 5.02 Å². The summed E-state index contributed by atoms with van der Waals surface area (Å²) in [6.45, 7) is 0. The second-order valence-electron chi connectivity index (χ2n) is 5.89. The maximum atomic E-state index is 12.3. The maximum absolute atomic E-state index is 12.3. The topological polar surface area (TPSA) is 85.4 Å². The number of nitrogens with one attached hydrogen (secondary N) is 1. The summed E-state index contributed by atoms with van der Waals surface area (Å²) in [7, 11) is 0. The number of nitrogens with zero attached hydrogens (tertiary/aromatic N) is 1. The van der Waals surface area contributed by atoms with Gasteiger partial charge in [-0.05, 0) is 37.1 Å². The fourth-order valence-electron chi connectivity index (χ4n) is 2.97. The van der Waals surface area contributed by atoms with E-state index in [1.165, 1.54) is 24.6 Å². The van der Waals surface area contributed by atoms with E-state index in [-0.39, 0.29) is 34.2 Å². The van der Waals surface area contributed by atoms with Gasteiger partial charge in [-0.15, -0.1) is 0 Å². The van der Waals surface area contributed by atoms with Crippen LogP contribution in [-0.2, 0) is 0 Å². The molecule has 1 fully saturated rings. The summed E-state index contributed by atoms with van der Waals surface area (Å²) < 4.78 is 5.54. The number of halogens is 1. The van der Waals surface area contributed by atoms with Crippen molar-refractivity contribution < 1.29 is 14.1 Å². The molecule has 0 unspecified atom stereocenters. The number of carbonyl (C=O) groups excluding carboxylic acids is 1. The van der Waals surface area contributed by atoms with Gasteiger partial charge in [0, 0.05) is 17.1 Å². The molecule has 0 atom stereocenters. The third-order valence-electron chi connectivity index (χ3n) is 4.19. The Hall–Kier alpha value is -2.34. The van der Waals surface area contributed by atoms with Crippen molar-refractivity contribution in [1.29, 1.82) is 0 Å². The number of benzene rings is 1. The van der Waals surface area contributed by atoms with Crippen LogP contribution < -0.4 is 5.32 Å². The number of carbonyl (C=O) groups is 1. The van der Waals surface area contributed by atoms with Crippen molar-refractivity contribution in [3.8, 4) is 11.3 Å². The Kier molecular flexibility index (Phi) is 4.85. The first-order valence-electron chi connectivity index (χ1n) is 7.89. The molecule has 0 saturated heterocycles. The zero-order chi connectivity index (χ0) is 17.1. The van der Waals surface area contributed by atoms with E-state index in [1.807, 2.05) is 0 Å². The Labute approximate surface area is 143 Å². The smallest absolute Gasteiger partial charge is 0.287 e. The molecular weight excluding hydrogens is 332 g/mol. The lowest BCUT2D eigenvalue weighted by Gasteiger charge is -2.22. The summed E-state index contributed by atoms with van der Waals surface area (Å²) in [6, 6.07) is 7.60. The minimum Gasteiger partial charge on any atom is -0.451 e. The minimum absolute atomic E-state index is 0.153. The average molecular weight is 349 g/mol. The van der Waals surface area contributed by atoms with Gasteiger partial charge in [-0.3, -0.25) is 14.9 Å². The highest BCUT2D eigenvalue weighted by atomic mass is 35.5. The monoisotopic (exact) mass is 348 g/mol. The van der Waals surface area contributed by atoms with Crippen molar-refractivity contribution in [2.75, 3.05) is 0 Å². The van der Waals surface area contributed by atoms with Crippen LogP contribution >= 0.6 is 11.6 Å². The van der Waals surface area contributed by atoms with Crippen LogP contribution in [-0.4, -0.2) is 16.9 Å². The van der Waals surface area contributed by atoms with Crippen LogP contribution in [0.15, 0.2) is 34.7 Å². The molecule has 1 aliphatic rings. The van der Waals surface area contributed by atoms with Crippen LogP contribution in [0, 0.1) is 10.1 Å². The molecule has 0 radical (unpaired) electrons. The minimum atomic E-state index is -0.522. The van der Waals surface area contributed by atoms with Gasteiger partial charge in [-0.2, -0.15) is 0 Å². The third-order valence-corrected chi connectivity index (χ3v) is 4.43. The summed E-state index contributed by atoms with van der Waals surface area (Å²) in [5.74, 6) is 0.136. The molecule has 3 rings (SSSR count). The van der Waals surface area contributed by atoms with Crippen LogP contribution in [0.1, 0.15) is 42.7 Å². The largest absolute Gasteiger partial charge is 0.451 e. The fourth-order valence-corrected chi connectivity index (χ4v) is 3.14. The highest BCUT2D eigenvalue weighted by Gasteiger charge is 2.22. The van der Waals surface area contributed by atoms with Gasteiger partial charge in [0.1, 0.15) is 5.76 Å². The average Bonchev–Trinajstić information content (AvgIpc) is 3.05. The molecule has 1 heterocycles. The molecule has 1 saturated carbocycles. The van der Waals surface area contributed by atoms with Gasteiger partial charge < -0.3 is 9.73 Å². The van der Waals surface area contributed by atoms with E-state index < -0.39 is 4.92 Å². The lowest BCUT2D eigenvalue weighted by molar-refractivity contribution is -0.384. The van der Waals surface area contributed by atoms with Crippen LogP contribution in [0.5, 0.6) is 0 Å². The second-order valence-corrected chi connectivity index (χ2v) is 6.33. The first kappa shape index (κ1) is 16.5. The molecule has 6 nitrogen and oxygen atoms in total. The Morgan fingerprint density at radius 2 is 1.96 bits per heavy atom. The molecule has 1 aliphatic carbocycles. The van der Waals surface area contributed by atoms with Crippen molar-refractivity contribution in [3.05, 3.63) is 51.2 Å². The van der Waals surface area contributed by atoms with E-state index in [9.17, 15) is 14.9 Å². The summed E-state index contributed by atoms with van der Waals surface area (Å²) in [6.07, 6.45) is 5.39. The van der Waals surface area contributed by atoms with E-state index in [4.69, 9.17) is 16.0 Å². The van der Waals surface area contributed by atoms with Gasteiger partial charge in [-0.25, -0.2) is 0 Å². The van der Waals surface area contributed by atoms with Gasteiger partial charge in [-0.1, -0.05) is 30.9 Å². The number of amides is 1. The summed E-state index contributed by atoms with van der Waals surface area (Å²) in [5.41, 5.74) is 0.136. The molecule has 1 aromatic carbocycles. The maximum Gasteiger partial charge on any atom is 0.287 e. The van der Waals surface area contributed by atoms with Crippen molar-refractivity contribution >= 4 is 23.2 Å². The van der Waals surface area contributed by atoms with E-state index in [0.29, 0.717) is 5.56 Å². The second kappa shape index (κ2) is 7.05.